The Hall–Kier alpha value is -1.15. The van der Waals surface area contributed by atoms with Crippen LogP contribution in [-0.2, 0) is 11.2 Å². The summed E-state index contributed by atoms with van der Waals surface area (Å²) in [6.45, 7) is 4.67. The number of hydrogen-bond donors (Lipinski definition) is 0. The molecule has 2 nitrogen and oxygen atoms in total. The van der Waals surface area contributed by atoms with Gasteiger partial charge in [0.1, 0.15) is 6.10 Å². The van der Waals surface area contributed by atoms with Gasteiger partial charge in [-0.05, 0) is 37.7 Å². The van der Waals surface area contributed by atoms with Gasteiger partial charge in [0.15, 0.2) is 5.78 Å². The second-order valence-corrected chi connectivity index (χ2v) is 4.63. The smallest absolute Gasteiger partial charge is 0.191 e. The Morgan fingerprint density at radius 1 is 1.29 bits per heavy atom. The number of rotatable bonds is 6. The van der Waals surface area contributed by atoms with Gasteiger partial charge in [-0.25, -0.2) is 0 Å². The predicted octanol–water partition coefficient (Wildman–Crippen LogP) is 3.25. The number of ketones is 1. The van der Waals surface area contributed by atoms with Crippen LogP contribution in [0.15, 0.2) is 24.3 Å². The number of benzene rings is 1. The van der Waals surface area contributed by atoms with E-state index in [1.54, 1.807) is 0 Å². The van der Waals surface area contributed by atoms with E-state index in [1.807, 2.05) is 31.2 Å². The third-order valence-electron chi connectivity index (χ3n) is 3.30. The van der Waals surface area contributed by atoms with Crippen molar-refractivity contribution in [1.29, 1.82) is 0 Å². The first-order valence-corrected chi connectivity index (χ1v) is 6.51. The van der Waals surface area contributed by atoms with Crippen LogP contribution in [0.5, 0.6) is 0 Å². The molecule has 2 heteroatoms. The average Bonchev–Trinajstić information content (AvgIpc) is 3.19. The maximum absolute atomic E-state index is 12.3. The number of Topliss-reactive ketones (excluding diaryl/α,β-unsaturated/α-hetero) is 1. The van der Waals surface area contributed by atoms with Crippen LogP contribution in [-0.4, -0.2) is 18.5 Å². The van der Waals surface area contributed by atoms with Crippen molar-refractivity contribution in [2.75, 3.05) is 6.61 Å². The Balaban J connectivity index is 2.10. The summed E-state index contributed by atoms with van der Waals surface area (Å²) >= 11 is 0. The molecule has 1 aliphatic carbocycles. The van der Waals surface area contributed by atoms with Gasteiger partial charge in [0, 0.05) is 12.2 Å². The number of carbonyl (C=O) groups is 1. The molecule has 2 rings (SSSR count). The molecule has 0 aromatic heterocycles. The Kier molecular flexibility index (Phi) is 3.95. The molecule has 1 saturated carbocycles. The zero-order valence-electron chi connectivity index (χ0n) is 10.6. The minimum absolute atomic E-state index is 0.150. The lowest BCUT2D eigenvalue weighted by atomic mass is 10.0. The highest BCUT2D eigenvalue weighted by molar-refractivity contribution is 5.99. The standard InChI is InChI=1S/C15H20O2/c1-3-11-5-7-12(8-6-11)14(16)15(17-4-2)13-9-10-13/h5-8,13,15H,3-4,9-10H2,1-2H3. The lowest BCUT2D eigenvalue weighted by molar-refractivity contribution is 0.0374. The van der Waals surface area contributed by atoms with Crippen LogP contribution in [0.4, 0.5) is 0 Å². The van der Waals surface area contributed by atoms with E-state index in [9.17, 15) is 4.79 Å². The highest BCUT2D eigenvalue weighted by atomic mass is 16.5. The predicted molar refractivity (Wildman–Crippen MR) is 68.3 cm³/mol. The van der Waals surface area contributed by atoms with Crippen molar-refractivity contribution in [2.24, 2.45) is 5.92 Å². The normalized spacial score (nSPS) is 16.8. The molecule has 0 bridgehead atoms. The molecule has 0 spiro atoms. The van der Waals surface area contributed by atoms with Gasteiger partial charge < -0.3 is 4.74 Å². The second-order valence-electron chi connectivity index (χ2n) is 4.63. The molecule has 0 saturated heterocycles. The number of aryl methyl sites for hydroxylation is 1. The minimum atomic E-state index is -0.215. The van der Waals surface area contributed by atoms with Gasteiger partial charge in [0.2, 0.25) is 0 Å². The maximum atomic E-state index is 12.3. The van der Waals surface area contributed by atoms with Crippen LogP contribution in [0, 0.1) is 5.92 Å². The van der Waals surface area contributed by atoms with Crippen molar-refractivity contribution in [3.63, 3.8) is 0 Å². The molecule has 1 atom stereocenters. The second kappa shape index (κ2) is 5.46. The molecule has 1 unspecified atom stereocenters. The molecule has 1 aliphatic rings. The number of ether oxygens (including phenoxy) is 1. The van der Waals surface area contributed by atoms with E-state index in [1.165, 1.54) is 5.56 Å². The molecular formula is C15H20O2. The van der Waals surface area contributed by atoms with Crippen LogP contribution < -0.4 is 0 Å². The fourth-order valence-corrected chi connectivity index (χ4v) is 2.07. The number of hydrogen-bond acceptors (Lipinski definition) is 2. The summed E-state index contributed by atoms with van der Waals surface area (Å²) in [4.78, 5) is 12.3. The summed E-state index contributed by atoms with van der Waals surface area (Å²) in [5.74, 6) is 0.602. The van der Waals surface area contributed by atoms with Gasteiger partial charge in [-0.1, -0.05) is 31.2 Å². The third-order valence-corrected chi connectivity index (χ3v) is 3.30. The monoisotopic (exact) mass is 232 g/mol. The summed E-state index contributed by atoms with van der Waals surface area (Å²) < 4.78 is 5.59. The van der Waals surface area contributed by atoms with E-state index in [0.29, 0.717) is 12.5 Å². The van der Waals surface area contributed by atoms with Crippen LogP contribution >= 0.6 is 0 Å². The first-order chi connectivity index (χ1) is 8.26. The number of carbonyl (C=O) groups excluding carboxylic acids is 1. The minimum Gasteiger partial charge on any atom is -0.370 e. The summed E-state index contributed by atoms with van der Waals surface area (Å²) in [6.07, 6.45) is 3.05. The van der Waals surface area contributed by atoms with Gasteiger partial charge in [-0.15, -0.1) is 0 Å². The maximum Gasteiger partial charge on any atom is 0.191 e. The first-order valence-electron chi connectivity index (χ1n) is 6.51. The van der Waals surface area contributed by atoms with Crippen LogP contribution in [0.25, 0.3) is 0 Å². The summed E-state index contributed by atoms with van der Waals surface area (Å²) in [5.41, 5.74) is 2.05. The average molecular weight is 232 g/mol. The molecule has 1 aromatic carbocycles. The third kappa shape index (κ3) is 2.95. The molecule has 0 N–H and O–H groups in total. The Bertz CT molecular complexity index is 376. The van der Waals surface area contributed by atoms with Gasteiger partial charge in [0.05, 0.1) is 0 Å². The van der Waals surface area contributed by atoms with E-state index in [-0.39, 0.29) is 11.9 Å². The topological polar surface area (TPSA) is 26.3 Å². The lowest BCUT2D eigenvalue weighted by Crippen LogP contribution is -2.26. The SMILES string of the molecule is CCOC(C(=O)c1ccc(CC)cc1)C1CC1. The van der Waals surface area contributed by atoms with Crippen molar-refractivity contribution in [1.82, 2.24) is 0 Å². The Morgan fingerprint density at radius 3 is 2.41 bits per heavy atom. The van der Waals surface area contributed by atoms with E-state index in [0.717, 1.165) is 24.8 Å². The zero-order valence-corrected chi connectivity index (χ0v) is 10.6. The van der Waals surface area contributed by atoms with Crippen LogP contribution in [0.1, 0.15) is 42.6 Å². The highest BCUT2D eigenvalue weighted by Crippen LogP contribution is 2.35. The Labute approximate surface area is 103 Å². The summed E-state index contributed by atoms with van der Waals surface area (Å²) in [7, 11) is 0. The molecule has 0 amide bonds. The van der Waals surface area contributed by atoms with Crippen molar-refractivity contribution in [2.45, 2.75) is 39.2 Å². The van der Waals surface area contributed by atoms with E-state index in [2.05, 4.69) is 6.92 Å². The van der Waals surface area contributed by atoms with E-state index >= 15 is 0 Å². The quantitative estimate of drug-likeness (QED) is 0.704. The first kappa shape index (κ1) is 12.3. The summed E-state index contributed by atoms with van der Waals surface area (Å²) in [5, 5.41) is 0. The van der Waals surface area contributed by atoms with Gasteiger partial charge in [-0.3, -0.25) is 4.79 Å². The van der Waals surface area contributed by atoms with Crippen LogP contribution in [0.3, 0.4) is 0 Å². The van der Waals surface area contributed by atoms with Crippen molar-refractivity contribution in [3.05, 3.63) is 35.4 Å². The fraction of sp³-hybridized carbons (Fsp3) is 0.533. The lowest BCUT2D eigenvalue weighted by Gasteiger charge is -2.15. The van der Waals surface area contributed by atoms with Crippen molar-refractivity contribution < 1.29 is 9.53 Å². The molecule has 0 heterocycles. The van der Waals surface area contributed by atoms with Crippen LogP contribution in [0.2, 0.25) is 0 Å². The van der Waals surface area contributed by atoms with E-state index < -0.39 is 0 Å². The van der Waals surface area contributed by atoms with Gasteiger partial charge >= 0.3 is 0 Å². The van der Waals surface area contributed by atoms with Gasteiger partial charge in [-0.2, -0.15) is 0 Å². The molecule has 0 radical (unpaired) electrons. The molecule has 17 heavy (non-hydrogen) atoms. The highest BCUT2D eigenvalue weighted by Gasteiger charge is 2.37. The molecule has 92 valence electrons. The molecule has 0 aliphatic heterocycles. The fourth-order valence-electron chi connectivity index (χ4n) is 2.07. The van der Waals surface area contributed by atoms with Gasteiger partial charge in [0.25, 0.3) is 0 Å². The van der Waals surface area contributed by atoms with Crippen molar-refractivity contribution in [3.8, 4) is 0 Å². The zero-order chi connectivity index (χ0) is 12.3. The molecular weight excluding hydrogens is 212 g/mol. The Morgan fingerprint density at radius 2 is 1.94 bits per heavy atom. The van der Waals surface area contributed by atoms with Crippen molar-refractivity contribution >= 4 is 5.78 Å². The van der Waals surface area contributed by atoms with E-state index in [4.69, 9.17) is 4.74 Å². The largest absolute Gasteiger partial charge is 0.370 e. The molecule has 1 aromatic rings. The molecule has 1 fully saturated rings. The summed E-state index contributed by atoms with van der Waals surface area (Å²) in [6, 6.07) is 7.91.